The maximum absolute atomic E-state index is 6.16. The first-order valence-electron chi connectivity index (χ1n) is 6.76. The molecule has 0 saturated heterocycles. The summed E-state index contributed by atoms with van der Waals surface area (Å²) in [6.07, 6.45) is 8.00. The third kappa shape index (κ3) is 2.10. The zero-order chi connectivity index (χ0) is 12.8. The summed E-state index contributed by atoms with van der Waals surface area (Å²) in [6.45, 7) is 4.70. The second-order valence-corrected chi connectivity index (χ2v) is 6.68. The van der Waals surface area contributed by atoms with Crippen molar-refractivity contribution >= 4 is 11.6 Å². The molecule has 18 heavy (non-hydrogen) atoms. The molecule has 0 radical (unpaired) electrons. The van der Waals surface area contributed by atoms with E-state index in [1.165, 1.54) is 11.1 Å². The summed E-state index contributed by atoms with van der Waals surface area (Å²) in [7, 11) is 0. The van der Waals surface area contributed by atoms with E-state index >= 15 is 0 Å². The van der Waals surface area contributed by atoms with Crippen LogP contribution in [0.3, 0.4) is 0 Å². The molecular formula is C16H20ClN. The van der Waals surface area contributed by atoms with Crippen LogP contribution in [0.25, 0.3) is 0 Å². The van der Waals surface area contributed by atoms with Gasteiger partial charge >= 0.3 is 0 Å². The smallest absolute Gasteiger partial charge is 0.0409 e. The van der Waals surface area contributed by atoms with Gasteiger partial charge in [0.25, 0.3) is 0 Å². The quantitative estimate of drug-likeness (QED) is 0.784. The van der Waals surface area contributed by atoms with E-state index in [2.05, 4.69) is 43.4 Å². The van der Waals surface area contributed by atoms with Crippen LogP contribution < -0.4 is 5.32 Å². The van der Waals surface area contributed by atoms with Gasteiger partial charge in [0.1, 0.15) is 0 Å². The summed E-state index contributed by atoms with van der Waals surface area (Å²) in [5.41, 5.74) is 3.13. The van der Waals surface area contributed by atoms with Gasteiger partial charge in [0, 0.05) is 17.1 Å². The minimum Gasteiger partial charge on any atom is -0.306 e. The molecule has 1 atom stereocenters. The molecule has 3 rings (SSSR count). The summed E-state index contributed by atoms with van der Waals surface area (Å²) in [4.78, 5) is 0. The Morgan fingerprint density at radius 1 is 1.22 bits per heavy atom. The van der Waals surface area contributed by atoms with Gasteiger partial charge in [-0.2, -0.15) is 0 Å². The highest BCUT2D eigenvalue weighted by Crippen LogP contribution is 2.46. The van der Waals surface area contributed by atoms with Crippen molar-refractivity contribution in [2.45, 2.75) is 45.2 Å². The van der Waals surface area contributed by atoms with Crippen LogP contribution in [0.5, 0.6) is 0 Å². The maximum Gasteiger partial charge on any atom is 0.0409 e. The summed E-state index contributed by atoms with van der Waals surface area (Å²) >= 11 is 6.16. The lowest BCUT2D eigenvalue weighted by atomic mass is 9.85. The molecule has 0 heterocycles. The van der Waals surface area contributed by atoms with Crippen molar-refractivity contribution in [2.75, 3.05) is 0 Å². The van der Waals surface area contributed by atoms with Gasteiger partial charge < -0.3 is 5.32 Å². The fourth-order valence-corrected chi connectivity index (χ4v) is 3.49. The molecule has 0 amide bonds. The molecule has 1 aromatic rings. The highest BCUT2D eigenvalue weighted by Gasteiger charge is 2.39. The number of benzene rings is 1. The van der Waals surface area contributed by atoms with Crippen LogP contribution in [-0.4, -0.2) is 6.04 Å². The van der Waals surface area contributed by atoms with Gasteiger partial charge in [-0.1, -0.05) is 43.7 Å². The van der Waals surface area contributed by atoms with E-state index in [4.69, 9.17) is 11.6 Å². The molecule has 0 bridgehead atoms. The van der Waals surface area contributed by atoms with Crippen molar-refractivity contribution in [3.05, 3.63) is 46.5 Å². The predicted octanol–water partition coefficient (Wildman–Crippen LogP) is 4.27. The second-order valence-electron chi connectivity index (χ2n) is 6.25. The molecule has 2 aliphatic carbocycles. The number of rotatable bonds is 2. The summed E-state index contributed by atoms with van der Waals surface area (Å²) in [5.74, 6) is 0. The van der Waals surface area contributed by atoms with E-state index in [-0.39, 0.29) is 5.41 Å². The Kier molecular flexibility index (Phi) is 2.99. The summed E-state index contributed by atoms with van der Waals surface area (Å²) in [5, 5.41) is 4.68. The van der Waals surface area contributed by atoms with E-state index in [0.29, 0.717) is 12.1 Å². The minimum absolute atomic E-state index is 0.273. The normalized spacial score (nSPS) is 25.6. The molecule has 0 aliphatic heterocycles. The van der Waals surface area contributed by atoms with Crippen LogP contribution >= 0.6 is 11.6 Å². The van der Waals surface area contributed by atoms with Gasteiger partial charge in [0.05, 0.1) is 0 Å². The molecular weight excluding hydrogens is 242 g/mol. The van der Waals surface area contributed by atoms with Crippen LogP contribution in [0.15, 0.2) is 30.4 Å². The molecule has 1 nitrogen and oxygen atoms in total. The Labute approximate surface area is 114 Å². The van der Waals surface area contributed by atoms with Crippen molar-refractivity contribution in [1.82, 2.24) is 5.32 Å². The van der Waals surface area contributed by atoms with E-state index < -0.39 is 0 Å². The Morgan fingerprint density at radius 2 is 1.94 bits per heavy atom. The average molecular weight is 262 g/mol. The predicted molar refractivity (Wildman–Crippen MR) is 77.0 cm³/mol. The summed E-state index contributed by atoms with van der Waals surface area (Å²) < 4.78 is 0. The molecule has 0 saturated carbocycles. The number of fused-ring (bicyclic) bond motifs is 1. The van der Waals surface area contributed by atoms with Crippen LogP contribution in [0.2, 0.25) is 5.02 Å². The van der Waals surface area contributed by atoms with Crippen molar-refractivity contribution in [1.29, 1.82) is 0 Å². The highest BCUT2D eigenvalue weighted by atomic mass is 35.5. The van der Waals surface area contributed by atoms with E-state index in [9.17, 15) is 0 Å². The lowest BCUT2D eigenvalue weighted by Crippen LogP contribution is -2.37. The molecule has 2 heteroatoms. The van der Waals surface area contributed by atoms with E-state index in [0.717, 1.165) is 24.3 Å². The average Bonchev–Trinajstić information content (AvgIpc) is 2.88. The maximum atomic E-state index is 6.16. The highest BCUT2D eigenvalue weighted by molar-refractivity contribution is 6.30. The first kappa shape index (κ1) is 12.3. The van der Waals surface area contributed by atoms with Crippen molar-refractivity contribution in [3.8, 4) is 0 Å². The van der Waals surface area contributed by atoms with Gasteiger partial charge in [0.2, 0.25) is 0 Å². The number of halogens is 1. The topological polar surface area (TPSA) is 12.0 Å². The van der Waals surface area contributed by atoms with Crippen LogP contribution in [-0.2, 0) is 6.42 Å². The zero-order valence-corrected chi connectivity index (χ0v) is 11.8. The van der Waals surface area contributed by atoms with Crippen LogP contribution in [0.1, 0.15) is 43.9 Å². The van der Waals surface area contributed by atoms with Gasteiger partial charge in [-0.25, -0.2) is 0 Å². The molecule has 0 aromatic heterocycles. The van der Waals surface area contributed by atoms with Crippen LogP contribution in [0, 0.1) is 5.41 Å². The number of nitrogens with one attached hydrogen (secondary N) is 1. The zero-order valence-electron chi connectivity index (χ0n) is 11.0. The number of hydrogen-bond donors (Lipinski definition) is 1. The largest absolute Gasteiger partial charge is 0.306 e. The van der Waals surface area contributed by atoms with E-state index in [1.54, 1.807) is 0 Å². The third-order valence-corrected chi connectivity index (χ3v) is 4.49. The molecule has 1 N–H and O–H groups in total. The second kappa shape index (κ2) is 4.40. The van der Waals surface area contributed by atoms with Gasteiger partial charge in [-0.15, -0.1) is 0 Å². The lowest BCUT2D eigenvalue weighted by Gasteiger charge is -2.31. The monoisotopic (exact) mass is 261 g/mol. The summed E-state index contributed by atoms with van der Waals surface area (Å²) in [6, 6.07) is 7.37. The fourth-order valence-electron chi connectivity index (χ4n) is 3.31. The molecule has 0 spiro atoms. The number of hydrogen-bond acceptors (Lipinski definition) is 1. The minimum atomic E-state index is 0.273. The molecule has 1 aromatic carbocycles. The van der Waals surface area contributed by atoms with E-state index in [1.807, 2.05) is 6.07 Å². The van der Waals surface area contributed by atoms with Crippen molar-refractivity contribution in [2.24, 2.45) is 5.41 Å². The van der Waals surface area contributed by atoms with Crippen LogP contribution in [0.4, 0.5) is 0 Å². The van der Waals surface area contributed by atoms with Gasteiger partial charge in [0.15, 0.2) is 0 Å². The standard InChI is InChI=1S/C16H20ClN/c1-16(2)10-11-7-8-12(17)9-14(11)15(16)18-13-5-3-4-6-13/h3-4,7-9,13,15,18H,5-6,10H2,1-2H3. The Bertz CT molecular complexity index is 482. The first-order valence-corrected chi connectivity index (χ1v) is 7.13. The van der Waals surface area contributed by atoms with Gasteiger partial charge in [-0.05, 0) is 47.9 Å². The molecule has 1 unspecified atom stereocenters. The van der Waals surface area contributed by atoms with Gasteiger partial charge in [-0.3, -0.25) is 0 Å². The molecule has 96 valence electrons. The lowest BCUT2D eigenvalue weighted by molar-refractivity contribution is 0.249. The molecule has 0 fully saturated rings. The Hall–Kier alpha value is -0.790. The Balaban J connectivity index is 1.89. The third-order valence-electron chi connectivity index (χ3n) is 4.26. The van der Waals surface area contributed by atoms with Crippen molar-refractivity contribution < 1.29 is 0 Å². The van der Waals surface area contributed by atoms with Crippen molar-refractivity contribution in [3.63, 3.8) is 0 Å². The molecule has 2 aliphatic rings. The SMILES string of the molecule is CC1(C)Cc2ccc(Cl)cc2C1NC1CC=CC1. The fraction of sp³-hybridized carbons (Fsp3) is 0.500. The first-order chi connectivity index (χ1) is 8.56. The Morgan fingerprint density at radius 3 is 2.67 bits per heavy atom.